The van der Waals surface area contributed by atoms with Crippen molar-refractivity contribution >= 4 is 11.9 Å². The van der Waals surface area contributed by atoms with Crippen LogP contribution in [0.3, 0.4) is 0 Å². The van der Waals surface area contributed by atoms with E-state index in [-0.39, 0.29) is 17.3 Å². The summed E-state index contributed by atoms with van der Waals surface area (Å²) in [5, 5.41) is 20.7. The molecule has 2 atom stereocenters. The number of aliphatic carboxylic acids is 1. The fraction of sp³-hybridized carbons (Fsp3) is 0.750. The van der Waals surface area contributed by atoms with Crippen LogP contribution < -0.4 is 5.32 Å². The quantitative estimate of drug-likeness (QED) is 0.831. The standard InChI is InChI=1S/C12H20N4O2/c1-5-13-11-15-14-9(16(11)6-2)7-8(10(17)18)12(7,3)4/h7-8H,5-6H2,1-4H3,(H,13,15)(H,17,18). The van der Waals surface area contributed by atoms with Crippen molar-refractivity contribution in [2.75, 3.05) is 11.9 Å². The van der Waals surface area contributed by atoms with Crippen molar-refractivity contribution in [1.29, 1.82) is 0 Å². The monoisotopic (exact) mass is 252 g/mol. The van der Waals surface area contributed by atoms with Gasteiger partial charge in [0.1, 0.15) is 5.82 Å². The summed E-state index contributed by atoms with van der Waals surface area (Å²) < 4.78 is 1.97. The van der Waals surface area contributed by atoms with Crippen LogP contribution in [0.15, 0.2) is 0 Å². The molecule has 6 heteroatoms. The molecular formula is C12H20N4O2. The molecule has 0 bridgehead atoms. The second-order valence-corrected chi connectivity index (χ2v) is 5.27. The van der Waals surface area contributed by atoms with Crippen LogP contribution >= 0.6 is 0 Å². The number of carbonyl (C=O) groups is 1. The van der Waals surface area contributed by atoms with Gasteiger partial charge < -0.3 is 10.4 Å². The lowest BCUT2D eigenvalue weighted by Crippen LogP contribution is -2.09. The first-order valence-corrected chi connectivity index (χ1v) is 6.34. The number of hydrogen-bond donors (Lipinski definition) is 2. The number of hydrogen-bond acceptors (Lipinski definition) is 4. The van der Waals surface area contributed by atoms with Crippen LogP contribution in [0.5, 0.6) is 0 Å². The van der Waals surface area contributed by atoms with E-state index in [0.717, 1.165) is 24.9 Å². The molecule has 1 heterocycles. The van der Waals surface area contributed by atoms with E-state index in [9.17, 15) is 9.90 Å². The Kier molecular flexibility index (Phi) is 3.04. The molecule has 1 fully saturated rings. The Hall–Kier alpha value is -1.59. The molecule has 1 aliphatic rings. The first kappa shape index (κ1) is 12.9. The Morgan fingerprint density at radius 1 is 1.44 bits per heavy atom. The minimum absolute atomic E-state index is 0.0464. The van der Waals surface area contributed by atoms with E-state index in [1.165, 1.54) is 0 Å². The lowest BCUT2D eigenvalue weighted by atomic mass is 10.1. The normalized spacial score (nSPS) is 24.9. The van der Waals surface area contributed by atoms with Crippen LogP contribution in [0.2, 0.25) is 0 Å². The van der Waals surface area contributed by atoms with Crippen LogP contribution in [0.25, 0.3) is 0 Å². The lowest BCUT2D eigenvalue weighted by molar-refractivity contribution is -0.139. The maximum absolute atomic E-state index is 11.2. The van der Waals surface area contributed by atoms with Gasteiger partial charge in [0.05, 0.1) is 5.92 Å². The molecule has 1 aromatic rings. The summed E-state index contributed by atoms with van der Waals surface area (Å²) in [6.07, 6.45) is 0. The summed E-state index contributed by atoms with van der Waals surface area (Å²) in [7, 11) is 0. The van der Waals surface area contributed by atoms with Gasteiger partial charge in [-0.25, -0.2) is 0 Å². The molecule has 1 saturated carbocycles. The van der Waals surface area contributed by atoms with E-state index in [2.05, 4.69) is 15.5 Å². The minimum atomic E-state index is -0.749. The highest BCUT2D eigenvalue weighted by molar-refractivity contribution is 5.77. The molecule has 18 heavy (non-hydrogen) atoms. The van der Waals surface area contributed by atoms with Crippen molar-refractivity contribution in [2.45, 2.75) is 40.2 Å². The Morgan fingerprint density at radius 3 is 2.56 bits per heavy atom. The lowest BCUT2D eigenvalue weighted by Gasteiger charge is -2.08. The third kappa shape index (κ3) is 1.76. The summed E-state index contributed by atoms with van der Waals surface area (Å²) >= 11 is 0. The summed E-state index contributed by atoms with van der Waals surface area (Å²) in [5.74, 6) is 0.352. The van der Waals surface area contributed by atoms with E-state index < -0.39 is 5.97 Å². The van der Waals surface area contributed by atoms with E-state index in [4.69, 9.17) is 0 Å². The zero-order valence-corrected chi connectivity index (χ0v) is 11.3. The molecule has 0 radical (unpaired) electrons. The molecule has 0 aromatic carbocycles. The van der Waals surface area contributed by atoms with Gasteiger partial charge in [-0.05, 0) is 19.3 Å². The fourth-order valence-corrected chi connectivity index (χ4v) is 2.73. The summed E-state index contributed by atoms with van der Waals surface area (Å²) in [5.41, 5.74) is -0.241. The number of carboxylic acids is 1. The van der Waals surface area contributed by atoms with Gasteiger partial charge in [0.25, 0.3) is 0 Å². The largest absolute Gasteiger partial charge is 0.481 e. The maximum atomic E-state index is 11.2. The van der Waals surface area contributed by atoms with Crippen LogP contribution in [0.4, 0.5) is 5.95 Å². The molecule has 1 aliphatic carbocycles. The SMILES string of the molecule is CCNc1nnc(C2C(C(=O)O)C2(C)C)n1CC. The number of carboxylic acid groups (broad SMARTS) is 1. The predicted molar refractivity (Wildman–Crippen MR) is 67.5 cm³/mol. The third-order valence-electron chi connectivity index (χ3n) is 3.80. The topological polar surface area (TPSA) is 80.0 Å². The summed E-state index contributed by atoms with van der Waals surface area (Å²) in [6.45, 7) is 9.46. The average molecular weight is 252 g/mol. The third-order valence-corrected chi connectivity index (χ3v) is 3.80. The smallest absolute Gasteiger partial charge is 0.307 e. The van der Waals surface area contributed by atoms with Gasteiger partial charge in [0.2, 0.25) is 5.95 Å². The molecule has 0 spiro atoms. The fourth-order valence-electron chi connectivity index (χ4n) is 2.73. The second-order valence-electron chi connectivity index (χ2n) is 5.27. The minimum Gasteiger partial charge on any atom is -0.481 e. The molecule has 0 amide bonds. The van der Waals surface area contributed by atoms with Gasteiger partial charge in [-0.3, -0.25) is 9.36 Å². The predicted octanol–water partition coefficient (Wildman–Crippen LogP) is 1.55. The molecule has 1 aromatic heterocycles. The van der Waals surface area contributed by atoms with E-state index in [1.54, 1.807) is 0 Å². The molecule has 2 unspecified atom stereocenters. The molecular weight excluding hydrogens is 232 g/mol. The molecule has 0 saturated heterocycles. The van der Waals surface area contributed by atoms with Crippen LogP contribution in [0.1, 0.15) is 39.4 Å². The highest BCUT2D eigenvalue weighted by atomic mass is 16.4. The van der Waals surface area contributed by atoms with Gasteiger partial charge in [0.15, 0.2) is 0 Å². The number of rotatable bonds is 5. The van der Waals surface area contributed by atoms with Crippen molar-refractivity contribution in [3.8, 4) is 0 Å². The first-order chi connectivity index (χ1) is 8.45. The van der Waals surface area contributed by atoms with Gasteiger partial charge in [-0.1, -0.05) is 13.8 Å². The van der Waals surface area contributed by atoms with Gasteiger partial charge in [-0.15, -0.1) is 10.2 Å². The van der Waals surface area contributed by atoms with Crippen LogP contribution in [-0.2, 0) is 11.3 Å². The van der Waals surface area contributed by atoms with Gasteiger partial charge in [-0.2, -0.15) is 0 Å². The van der Waals surface area contributed by atoms with E-state index >= 15 is 0 Å². The van der Waals surface area contributed by atoms with Gasteiger partial charge >= 0.3 is 5.97 Å². The van der Waals surface area contributed by atoms with Crippen molar-refractivity contribution in [1.82, 2.24) is 14.8 Å². The zero-order valence-electron chi connectivity index (χ0n) is 11.3. The average Bonchev–Trinajstić information content (AvgIpc) is 2.67. The van der Waals surface area contributed by atoms with Crippen molar-refractivity contribution in [3.63, 3.8) is 0 Å². The van der Waals surface area contributed by atoms with Crippen molar-refractivity contribution < 1.29 is 9.90 Å². The molecule has 2 rings (SSSR count). The van der Waals surface area contributed by atoms with Crippen molar-refractivity contribution in [2.24, 2.45) is 11.3 Å². The zero-order chi connectivity index (χ0) is 13.5. The van der Waals surface area contributed by atoms with Crippen LogP contribution in [-0.4, -0.2) is 32.4 Å². The number of nitrogens with zero attached hydrogens (tertiary/aromatic N) is 3. The number of nitrogens with one attached hydrogen (secondary N) is 1. The van der Waals surface area contributed by atoms with Crippen molar-refractivity contribution in [3.05, 3.63) is 5.82 Å². The molecule has 6 nitrogen and oxygen atoms in total. The van der Waals surface area contributed by atoms with Gasteiger partial charge in [0, 0.05) is 19.0 Å². The Bertz CT molecular complexity index is 467. The summed E-state index contributed by atoms with van der Waals surface area (Å²) in [6, 6.07) is 0. The molecule has 2 N–H and O–H groups in total. The number of aromatic nitrogens is 3. The second kappa shape index (κ2) is 4.26. The molecule has 0 aliphatic heterocycles. The highest BCUT2D eigenvalue weighted by Crippen LogP contribution is 2.64. The van der Waals surface area contributed by atoms with E-state index in [1.807, 2.05) is 32.3 Å². The Labute approximate surface area is 106 Å². The Balaban J connectivity index is 2.33. The molecule has 100 valence electrons. The number of anilines is 1. The van der Waals surface area contributed by atoms with E-state index in [0.29, 0.717) is 0 Å². The van der Waals surface area contributed by atoms with Crippen LogP contribution in [0, 0.1) is 11.3 Å². The summed E-state index contributed by atoms with van der Waals surface area (Å²) in [4.78, 5) is 11.2. The first-order valence-electron chi connectivity index (χ1n) is 6.34. The highest BCUT2D eigenvalue weighted by Gasteiger charge is 2.65. The Morgan fingerprint density at radius 2 is 2.11 bits per heavy atom. The maximum Gasteiger partial charge on any atom is 0.307 e.